The molecule has 0 unspecified atom stereocenters. The van der Waals surface area contributed by atoms with E-state index < -0.39 is 0 Å². The number of carbonyl (C=O) groups is 2. The Bertz CT molecular complexity index is 418. The molecule has 0 saturated carbocycles. The van der Waals surface area contributed by atoms with Crippen LogP contribution in [0.25, 0.3) is 0 Å². The molecule has 0 radical (unpaired) electrons. The van der Waals surface area contributed by atoms with Crippen LogP contribution >= 0.6 is 0 Å². The fraction of sp³-hybridized carbons (Fsp3) is 0.385. The molecule has 0 aromatic heterocycles. The van der Waals surface area contributed by atoms with E-state index in [9.17, 15) is 9.59 Å². The summed E-state index contributed by atoms with van der Waals surface area (Å²) in [6.45, 7) is 2.27. The maximum absolute atomic E-state index is 11.6. The van der Waals surface area contributed by atoms with Crippen molar-refractivity contribution in [2.75, 3.05) is 24.2 Å². The molecule has 2 amide bonds. The second kappa shape index (κ2) is 7.45. The number of anilines is 2. The summed E-state index contributed by atoms with van der Waals surface area (Å²) in [4.78, 5) is 22.5. The number of hydrogen-bond donors (Lipinski definition) is 3. The summed E-state index contributed by atoms with van der Waals surface area (Å²) in [6, 6.07) is 7.09. The van der Waals surface area contributed by atoms with Gasteiger partial charge in [0.1, 0.15) is 0 Å². The maximum Gasteiger partial charge on any atom is 0.224 e. The van der Waals surface area contributed by atoms with Gasteiger partial charge in [0, 0.05) is 24.7 Å². The van der Waals surface area contributed by atoms with Crippen molar-refractivity contribution in [3.8, 4) is 0 Å². The average Bonchev–Trinajstić information content (AvgIpc) is 2.28. The van der Waals surface area contributed by atoms with Crippen LogP contribution in [-0.2, 0) is 9.59 Å². The minimum Gasteiger partial charge on any atom is -0.326 e. The number of nitrogens with one attached hydrogen (secondary N) is 3. The third-order valence-electron chi connectivity index (χ3n) is 2.30. The summed E-state index contributed by atoms with van der Waals surface area (Å²) in [5, 5.41) is 8.46. The van der Waals surface area contributed by atoms with Crippen LogP contribution in [0.4, 0.5) is 11.4 Å². The monoisotopic (exact) mass is 249 g/mol. The summed E-state index contributed by atoms with van der Waals surface area (Å²) in [6.07, 6.45) is 1.28. The van der Waals surface area contributed by atoms with Crippen molar-refractivity contribution >= 4 is 23.2 Å². The molecule has 0 aliphatic carbocycles. The molecule has 1 rings (SSSR count). The Kier molecular flexibility index (Phi) is 5.87. The number of amides is 2. The van der Waals surface area contributed by atoms with Crippen LogP contribution in [0.15, 0.2) is 24.3 Å². The molecule has 1 aromatic carbocycles. The fourth-order valence-corrected chi connectivity index (χ4v) is 1.53. The highest BCUT2D eigenvalue weighted by atomic mass is 16.2. The lowest BCUT2D eigenvalue weighted by Crippen LogP contribution is -2.15. The van der Waals surface area contributed by atoms with Gasteiger partial charge in [-0.2, -0.15) is 0 Å². The van der Waals surface area contributed by atoms with Crippen LogP contribution < -0.4 is 16.0 Å². The number of rotatable bonds is 6. The van der Waals surface area contributed by atoms with Crippen molar-refractivity contribution in [2.24, 2.45) is 0 Å². The average molecular weight is 249 g/mol. The molecule has 3 N–H and O–H groups in total. The van der Waals surface area contributed by atoms with Gasteiger partial charge in [0.25, 0.3) is 0 Å². The molecule has 18 heavy (non-hydrogen) atoms. The quantitative estimate of drug-likeness (QED) is 0.670. The Morgan fingerprint density at radius 1 is 1.17 bits per heavy atom. The zero-order valence-electron chi connectivity index (χ0n) is 10.7. The van der Waals surface area contributed by atoms with Crippen molar-refractivity contribution < 1.29 is 9.59 Å². The molecule has 0 aliphatic rings. The molecular weight excluding hydrogens is 230 g/mol. The fourth-order valence-electron chi connectivity index (χ4n) is 1.53. The lowest BCUT2D eigenvalue weighted by molar-refractivity contribution is -0.116. The van der Waals surface area contributed by atoms with E-state index in [4.69, 9.17) is 0 Å². The lowest BCUT2D eigenvalue weighted by atomic mass is 10.2. The summed E-state index contributed by atoms with van der Waals surface area (Å²) in [5.41, 5.74) is 1.37. The third kappa shape index (κ3) is 5.45. The standard InChI is InChI=1S/C13H19N3O2/c1-10(17)15-11-5-3-6-12(9-11)16-13(18)7-4-8-14-2/h3,5-6,9,14H,4,7-8H2,1-2H3,(H,15,17)(H,16,18). The predicted octanol–water partition coefficient (Wildman–Crippen LogP) is 1.58. The zero-order chi connectivity index (χ0) is 13.4. The van der Waals surface area contributed by atoms with Gasteiger partial charge in [0.15, 0.2) is 0 Å². The first-order chi connectivity index (χ1) is 8.61. The first-order valence-electron chi connectivity index (χ1n) is 5.94. The van der Waals surface area contributed by atoms with Gasteiger partial charge in [-0.15, -0.1) is 0 Å². The molecular formula is C13H19N3O2. The normalized spacial score (nSPS) is 9.89. The molecule has 0 saturated heterocycles. The molecule has 98 valence electrons. The van der Waals surface area contributed by atoms with Gasteiger partial charge >= 0.3 is 0 Å². The topological polar surface area (TPSA) is 70.2 Å². The maximum atomic E-state index is 11.6. The van der Waals surface area contributed by atoms with Gasteiger partial charge in [0.2, 0.25) is 11.8 Å². The Morgan fingerprint density at radius 2 is 1.83 bits per heavy atom. The molecule has 0 atom stereocenters. The zero-order valence-corrected chi connectivity index (χ0v) is 10.7. The minimum atomic E-state index is -0.132. The second-order valence-electron chi connectivity index (χ2n) is 4.02. The lowest BCUT2D eigenvalue weighted by Gasteiger charge is -2.07. The summed E-state index contributed by atoms with van der Waals surface area (Å²) >= 11 is 0. The molecule has 5 heteroatoms. The summed E-state index contributed by atoms with van der Waals surface area (Å²) in [7, 11) is 1.86. The van der Waals surface area contributed by atoms with Gasteiger partial charge in [-0.25, -0.2) is 0 Å². The number of carbonyl (C=O) groups excluding carboxylic acids is 2. The smallest absolute Gasteiger partial charge is 0.224 e. The van der Waals surface area contributed by atoms with Gasteiger partial charge in [-0.1, -0.05) is 6.07 Å². The number of hydrogen-bond acceptors (Lipinski definition) is 3. The van der Waals surface area contributed by atoms with Crippen molar-refractivity contribution in [1.82, 2.24) is 5.32 Å². The van der Waals surface area contributed by atoms with E-state index in [1.807, 2.05) is 7.05 Å². The van der Waals surface area contributed by atoms with Crippen molar-refractivity contribution in [3.05, 3.63) is 24.3 Å². The Balaban J connectivity index is 2.51. The Morgan fingerprint density at radius 3 is 2.44 bits per heavy atom. The molecule has 0 spiro atoms. The second-order valence-corrected chi connectivity index (χ2v) is 4.02. The largest absolute Gasteiger partial charge is 0.326 e. The highest BCUT2D eigenvalue weighted by Crippen LogP contribution is 2.15. The van der Waals surface area contributed by atoms with Gasteiger partial charge in [-0.3, -0.25) is 9.59 Å². The van der Waals surface area contributed by atoms with Crippen molar-refractivity contribution in [3.63, 3.8) is 0 Å². The molecule has 0 aliphatic heterocycles. The highest BCUT2D eigenvalue weighted by Gasteiger charge is 2.03. The Hall–Kier alpha value is -1.88. The molecule has 0 heterocycles. The highest BCUT2D eigenvalue weighted by molar-refractivity contribution is 5.93. The van der Waals surface area contributed by atoms with Crippen molar-refractivity contribution in [2.45, 2.75) is 19.8 Å². The van der Waals surface area contributed by atoms with Crippen LogP contribution in [0.1, 0.15) is 19.8 Å². The van der Waals surface area contributed by atoms with Gasteiger partial charge in [0.05, 0.1) is 0 Å². The van der Waals surface area contributed by atoms with E-state index in [1.165, 1.54) is 6.92 Å². The van der Waals surface area contributed by atoms with Crippen LogP contribution in [0.5, 0.6) is 0 Å². The van der Waals surface area contributed by atoms with Crippen LogP contribution in [0.2, 0.25) is 0 Å². The summed E-state index contributed by atoms with van der Waals surface area (Å²) < 4.78 is 0. The van der Waals surface area contributed by atoms with Gasteiger partial charge in [-0.05, 0) is 38.2 Å². The van der Waals surface area contributed by atoms with Gasteiger partial charge < -0.3 is 16.0 Å². The predicted molar refractivity (Wildman–Crippen MR) is 72.5 cm³/mol. The molecule has 1 aromatic rings. The van der Waals surface area contributed by atoms with E-state index in [1.54, 1.807) is 24.3 Å². The molecule has 5 nitrogen and oxygen atoms in total. The van der Waals surface area contributed by atoms with Crippen molar-refractivity contribution in [1.29, 1.82) is 0 Å². The number of benzene rings is 1. The minimum absolute atomic E-state index is 0.0229. The van der Waals surface area contributed by atoms with E-state index in [2.05, 4.69) is 16.0 Å². The first-order valence-corrected chi connectivity index (χ1v) is 5.94. The van der Waals surface area contributed by atoms with E-state index >= 15 is 0 Å². The van der Waals surface area contributed by atoms with Crippen LogP contribution in [0.3, 0.4) is 0 Å². The molecule has 0 fully saturated rings. The summed E-state index contributed by atoms with van der Waals surface area (Å²) in [5.74, 6) is -0.155. The SMILES string of the molecule is CNCCCC(=O)Nc1cccc(NC(C)=O)c1. The van der Waals surface area contributed by atoms with E-state index in [-0.39, 0.29) is 11.8 Å². The van der Waals surface area contributed by atoms with Crippen LogP contribution in [-0.4, -0.2) is 25.4 Å². The molecule has 0 bridgehead atoms. The van der Waals surface area contributed by atoms with E-state index in [0.717, 1.165) is 13.0 Å². The van der Waals surface area contributed by atoms with E-state index in [0.29, 0.717) is 17.8 Å². The first kappa shape index (κ1) is 14.2. The Labute approximate surface area is 107 Å². The third-order valence-corrected chi connectivity index (χ3v) is 2.30. The van der Waals surface area contributed by atoms with Crippen LogP contribution in [0, 0.1) is 0 Å².